The number of carbonyl (C=O) groups is 2. The number of alkyl halides is 1. The highest BCUT2D eigenvalue weighted by atomic mass is 35.5. The molecular formula is C8H15ClN2O2S. The zero-order chi connectivity index (χ0) is 10.8. The topological polar surface area (TPSA) is 58.2 Å². The highest BCUT2D eigenvalue weighted by Crippen LogP contribution is 1.93. The second-order valence-corrected chi connectivity index (χ2v) is 3.95. The van der Waals surface area contributed by atoms with Gasteiger partial charge in [-0.2, -0.15) is 11.8 Å². The molecule has 0 saturated heterocycles. The molecule has 0 radical (unpaired) electrons. The van der Waals surface area contributed by atoms with Crippen molar-refractivity contribution >= 4 is 35.3 Å². The van der Waals surface area contributed by atoms with Crippen LogP contribution in [-0.4, -0.2) is 36.4 Å². The third-order valence-electron chi connectivity index (χ3n) is 1.39. The van der Waals surface area contributed by atoms with Gasteiger partial charge in [0, 0.05) is 18.8 Å². The van der Waals surface area contributed by atoms with Crippen LogP contribution < -0.4 is 10.6 Å². The van der Waals surface area contributed by atoms with Crippen LogP contribution in [0, 0.1) is 0 Å². The molecule has 0 rings (SSSR count). The van der Waals surface area contributed by atoms with E-state index >= 15 is 0 Å². The second kappa shape index (κ2) is 9.15. The van der Waals surface area contributed by atoms with Gasteiger partial charge in [-0.05, 0) is 18.4 Å². The highest BCUT2D eigenvalue weighted by molar-refractivity contribution is 7.98. The van der Waals surface area contributed by atoms with E-state index in [0.717, 1.165) is 12.2 Å². The molecule has 0 saturated carbocycles. The largest absolute Gasteiger partial charge is 0.338 e. The second-order valence-electron chi connectivity index (χ2n) is 2.59. The molecule has 0 aromatic carbocycles. The molecule has 0 bridgehead atoms. The number of amides is 3. The molecule has 14 heavy (non-hydrogen) atoms. The summed E-state index contributed by atoms with van der Waals surface area (Å²) >= 11 is 7.05. The quantitative estimate of drug-likeness (QED) is 0.540. The van der Waals surface area contributed by atoms with Crippen LogP contribution in [0.25, 0.3) is 0 Å². The predicted octanol–water partition coefficient (Wildman–Crippen LogP) is 1.19. The Morgan fingerprint density at radius 1 is 1.43 bits per heavy atom. The van der Waals surface area contributed by atoms with Crippen molar-refractivity contribution in [2.24, 2.45) is 0 Å². The van der Waals surface area contributed by atoms with Crippen LogP contribution >= 0.6 is 23.4 Å². The summed E-state index contributed by atoms with van der Waals surface area (Å²) in [6, 6.07) is -0.443. The standard InChI is InChI=1S/C8H15ClN2O2S/c1-14-6-2-5-10-8(13)11-7(12)3-4-9/h2-6H2,1H3,(H2,10,11,12,13). The minimum Gasteiger partial charge on any atom is -0.338 e. The van der Waals surface area contributed by atoms with Gasteiger partial charge in [0.05, 0.1) is 0 Å². The van der Waals surface area contributed by atoms with Crippen LogP contribution in [0.4, 0.5) is 4.79 Å². The molecule has 0 aliphatic rings. The van der Waals surface area contributed by atoms with Gasteiger partial charge in [0.25, 0.3) is 0 Å². The van der Waals surface area contributed by atoms with E-state index in [1.165, 1.54) is 0 Å². The number of urea groups is 1. The third kappa shape index (κ3) is 8.19. The number of thioether (sulfide) groups is 1. The van der Waals surface area contributed by atoms with Crippen molar-refractivity contribution in [2.75, 3.05) is 24.4 Å². The fraction of sp³-hybridized carbons (Fsp3) is 0.750. The number of hydrogen-bond acceptors (Lipinski definition) is 3. The van der Waals surface area contributed by atoms with Gasteiger partial charge in [-0.3, -0.25) is 10.1 Å². The summed E-state index contributed by atoms with van der Waals surface area (Å²) < 4.78 is 0. The molecule has 3 amide bonds. The Hall–Kier alpha value is -0.420. The minimum atomic E-state index is -0.443. The number of carbonyl (C=O) groups excluding carboxylic acids is 2. The van der Waals surface area contributed by atoms with Crippen molar-refractivity contribution in [1.29, 1.82) is 0 Å². The van der Waals surface area contributed by atoms with Gasteiger partial charge in [0.1, 0.15) is 0 Å². The average molecular weight is 239 g/mol. The Balaban J connectivity index is 3.40. The lowest BCUT2D eigenvalue weighted by atomic mass is 10.4. The summed E-state index contributed by atoms with van der Waals surface area (Å²) in [5.74, 6) is 0.879. The Morgan fingerprint density at radius 3 is 2.71 bits per heavy atom. The number of halogens is 1. The number of nitrogens with one attached hydrogen (secondary N) is 2. The first-order valence-corrected chi connectivity index (χ1v) is 6.26. The Kier molecular flexibility index (Phi) is 8.87. The molecule has 0 unspecified atom stereocenters. The molecule has 0 fully saturated rings. The van der Waals surface area contributed by atoms with Gasteiger partial charge in [-0.15, -0.1) is 11.6 Å². The molecule has 0 aromatic heterocycles. The van der Waals surface area contributed by atoms with Crippen LogP contribution in [0.5, 0.6) is 0 Å². The minimum absolute atomic E-state index is 0.166. The first-order valence-electron chi connectivity index (χ1n) is 4.33. The Labute approximate surface area is 93.1 Å². The first kappa shape index (κ1) is 13.6. The van der Waals surface area contributed by atoms with E-state index in [2.05, 4.69) is 10.6 Å². The fourth-order valence-corrected chi connectivity index (χ4v) is 1.34. The van der Waals surface area contributed by atoms with E-state index < -0.39 is 6.03 Å². The maximum atomic E-state index is 11.0. The van der Waals surface area contributed by atoms with Crippen molar-refractivity contribution in [3.63, 3.8) is 0 Å². The summed E-state index contributed by atoms with van der Waals surface area (Å²) in [7, 11) is 0. The molecule has 4 nitrogen and oxygen atoms in total. The van der Waals surface area contributed by atoms with Gasteiger partial charge in [-0.1, -0.05) is 0 Å². The summed E-state index contributed by atoms with van der Waals surface area (Å²) in [6.45, 7) is 0.584. The van der Waals surface area contributed by atoms with E-state index in [9.17, 15) is 9.59 Å². The zero-order valence-corrected chi connectivity index (χ0v) is 9.71. The molecule has 82 valence electrons. The van der Waals surface area contributed by atoms with Crippen molar-refractivity contribution < 1.29 is 9.59 Å². The van der Waals surface area contributed by atoms with Crippen molar-refractivity contribution in [3.05, 3.63) is 0 Å². The maximum absolute atomic E-state index is 11.0. The fourth-order valence-electron chi connectivity index (χ4n) is 0.738. The van der Waals surface area contributed by atoms with Gasteiger partial charge in [0.2, 0.25) is 5.91 Å². The lowest BCUT2D eigenvalue weighted by Crippen LogP contribution is -2.40. The number of imide groups is 1. The number of hydrogen-bond donors (Lipinski definition) is 2. The molecule has 6 heteroatoms. The monoisotopic (exact) mass is 238 g/mol. The molecule has 0 aromatic rings. The SMILES string of the molecule is CSCCCNC(=O)NC(=O)CCCl. The van der Waals surface area contributed by atoms with Gasteiger partial charge >= 0.3 is 6.03 Å². The molecular weight excluding hydrogens is 224 g/mol. The van der Waals surface area contributed by atoms with Crippen LogP contribution in [0.2, 0.25) is 0 Å². The predicted molar refractivity (Wildman–Crippen MR) is 59.9 cm³/mol. The highest BCUT2D eigenvalue weighted by Gasteiger charge is 2.05. The summed E-state index contributed by atoms with van der Waals surface area (Å²) in [5.41, 5.74) is 0. The average Bonchev–Trinajstić information content (AvgIpc) is 2.13. The maximum Gasteiger partial charge on any atom is 0.321 e. The summed E-state index contributed by atoms with van der Waals surface area (Å²) in [5, 5.41) is 4.76. The third-order valence-corrected chi connectivity index (χ3v) is 2.27. The van der Waals surface area contributed by atoms with Gasteiger partial charge < -0.3 is 5.32 Å². The lowest BCUT2D eigenvalue weighted by molar-refractivity contribution is -0.119. The molecule has 2 N–H and O–H groups in total. The van der Waals surface area contributed by atoms with Crippen LogP contribution in [0.15, 0.2) is 0 Å². The van der Waals surface area contributed by atoms with Gasteiger partial charge in [-0.25, -0.2) is 4.79 Å². The molecule has 0 aliphatic heterocycles. The Morgan fingerprint density at radius 2 is 2.14 bits per heavy atom. The van der Waals surface area contributed by atoms with Gasteiger partial charge in [0.15, 0.2) is 0 Å². The molecule has 0 aliphatic carbocycles. The summed E-state index contributed by atoms with van der Waals surface area (Å²) in [4.78, 5) is 21.9. The van der Waals surface area contributed by atoms with E-state index in [0.29, 0.717) is 6.54 Å². The van der Waals surface area contributed by atoms with Crippen molar-refractivity contribution in [3.8, 4) is 0 Å². The lowest BCUT2D eigenvalue weighted by Gasteiger charge is -2.04. The molecule has 0 heterocycles. The molecule has 0 spiro atoms. The van der Waals surface area contributed by atoms with Crippen molar-refractivity contribution in [2.45, 2.75) is 12.8 Å². The van der Waals surface area contributed by atoms with E-state index in [1.807, 2.05) is 6.26 Å². The van der Waals surface area contributed by atoms with Crippen LogP contribution in [-0.2, 0) is 4.79 Å². The Bertz CT molecular complexity index is 190. The first-order chi connectivity index (χ1) is 6.70. The molecule has 0 atom stereocenters. The normalized spacial score (nSPS) is 9.57. The van der Waals surface area contributed by atoms with E-state index in [4.69, 9.17) is 11.6 Å². The van der Waals surface area contributed by atoms with E-state index in [-0.39, 0.29) is 18.2 Å². The van der Waals surface area contributed by atoms with E-state index in [1.54, 1.807) is 11.8 Å². The van der Waals surface area contributed by atoms with Crippen LogP contribution in [0.3, 0.4) is 0 Å². The zero-order valence-electron chi connectivity index (χ0n) is 8.14. The number of rotatable bonds is 6. The van der Waals surface area contributed by atoms with Crippen molar-refractivity contribution in [1.82, 2.24) is 10.6 Å². The van der Waals surface area contributed by atoms with Crippen LogP contribution in [0.1, 0.15) is 12.8 Å². The summed E-state index contributed by atoms with van der Waals surface area (Å²) in [6.07, 6.45) is 3.07. The smallest absolute Gasteiger partial charge is 0.321 e.